The van der Waals surface area contributed by atoms with Gasteiger partial charge < -0.3 is 0 Å². The van der Waals surface area contributed by atoms with E-state index in [1.165, 1.54) is 44.6 Å². The van der Waals surface area contributed by atoms with Crippen molar-refractivity contribution in [2.45, 2.75) is 45.4 Å². The lowest BCUT2D eigenvalue weighted by atomic mass is 9.82. The normalized spacial score (nSPS) is 19.7. The van der Waals surface area contributed by atoms with Gasteiger partial charge in [-0.2, -0.15) is 0 Å². The number of hydrogen-bond acceptors (Lipinski definition) is 1. The van der Waals surface area contributed by atoms with E-state index in [1.54, 1.807) is 18.3 Å². The fourth-order valence-electron chi connectivity index (χ4n) is 3.39. The van der Waals surface area contributed by atoms with Crippen LogP contribution in [-0.2, 0) is 0 Å². The lowest BCUT2D eigenvalue weighted by Gasteiger charge is -2.23. The Balaban J connectivity index is 1.57. The van der Waals surface area contributed by atoms with Crippen LogP contribution in [-0.4, -0.2) is 4.98 Å². The molecule has 0 amide bonds. The van der Waals surface area contributed by atoms with E-state index in [0.29, 0.717) is 11.5 Å². The summed E-state index contributed by atoms with van der Waals surface area (Å²) in [6.07, 6.45) is 13.7. The van der Waals surface area contributed by atoms with Crippen LogP contribution in [0.4, 0.5) is 4.39 Å². The number of benzene rings is 1. The lowest BCUT2D eigenvalue weighted by molar-refractivity contribution is 0.364. The Hall–Kier alpha value is -2.11. The van der Waals surface area contributed by atoms with Gasteiger partial charge in [0.2, 0.25) is 0 Å². The first kappa shape index (κ1) is 19.6. The molecule has 1 aromatic heterocycles. The summed E-state index contributed by atoms with van der Waals surface area (Å²) >= 11 is 5.73. The van der Waals surface area contributed by atoms with Gasteiger partial charge in [-0.15, -0.1) is 0 Å². The van der Waals surface area contributed by atoms with Gasteiger partial charge >= 0.3 is 0 Å². The number of aromatic nitrogens is 1. The smallest absolute Gasteiger partial charge is 0.142 e. The van der Waals surface area contributed by atoms with Crippen LogP contribution in [0.5, 0.6) is 0 Å². The molecule has 0 atom stereocenters. The minimum absolute atomic E-state index is 0.122. The Morgan fingerprint density at radius 1 is 1.19 bits per heavy atom. The topological polar surface area (TPSA) is 12.9 Å². The molecule has 1 nitrogen and oxygen atoms in total. The molecule has 1 saturated carbocycles. The lowest BCUT2D eigenvalue weighted by Crippen LogP contribution is -2.11. The molecule has 1 aliphatic carbocycles. The predicted octanol–water partition coefficient (Wildman–Crippen LogP) is 7.06. The molecule has 2 aromatic rings. The van der Waals surface area contributed by atoms with E-state index in [9.17, 15) is 4.39 Å². The zero-order valence-electron chi connectivity index (χ0n) is 15.7. The first-order chi connectivity index (χ1) is 13.2. The van der Waals surface area contributed by atoms with Crippen LogP contribution in [0.1, 0.15) is 51.0 Å². The summed E-state index contributed by atoms with van der Waals surface area (Å²) in [5.41, 5.74) is 2.33. The van der Waals surface area contributed by atoms with Gasteiger partial charge in [0.25, 0.3) is 0 Å². The highest BCUT2D eigenvalue weighted by atomic mass is 35.5. The van der Waals surface area contributed by atoms with Crippen LogP contribution >= 0.6 is 11.6 Å². The van der Waals surface area contributed by atoms with Crippen molar-refractivity contribution in [2.75, 3.05) is 0 Å². The van der Waals surface area contributed by atoms with Crippen LogP contribution in [0, 0.1) is 29.5 Å². The van der Waals surface area contributed by atoms with Gasteiger partial charge in [-0.3, -0.25) is 4.98 Å². The largest absolute Gasteiger partial charge is 0.255 e. The maximum Gasteiger partial charge on any atom is 0.142 e. The fourth-order valence-corrected chi connectivity index (χ4v) is 3.51. The molecule has 3 rings (SSSR count). The molecule has 0 unspecified atom stereocenters. The summed E-state index contributed by atoms with van der Waals surface area (Å²) in [6.45, 7) is 2.21. The molecule has 0 radical (unpaired) electrons. The molecule has 1 heterocycles. The molecular weight excluding hydrogens is 357 g/mol. The van der Waals surface area contributed by atoms with Crippen molar-refractivity contribution in [2.24, 2.45) is 11.8 Å². The summed E-state index contributed by atoms with van der Waals surface area (Å²) in [5, 5.41) is 0.122. The van der Waals surface area contributed by atoms with E-state index in [4.69, 9.17) is 11.6 Å². The molecule has 3 heteroatoms. The Labute approximate surface area is 166 Å². The van der Waals surface area contributed by atoms with Crippen molar-refractivity contribution in [3.63, 3.8) is 0 Å². The Morgan fingerprint density at radius 2 is 2.00 bits per heavy atom. The van der Waals surface area contributed by atoms with Crippen molar-refractivity contribution >= 4 is 11.6 Å². The molecule has 0 saturated heterocycles. The minimum atomic E-state index is -0.431. The van der Waals surface area contributed by atoms with E-state index >= 15 is 0 Å². The summed E-state index contributed by atoms with van der Waals surface area (Å²) in [5.74, 6) is 7.44. The first-order valence-electron chi connectivity index (χ1n) is 9.75. The molecule has 140 valence electrons. The van der Waals surface area contributed by atoms with Crippen molar-refractivity contribution in [3.8, 4) is 23.1 Å². The van der Waals surface area contributed by atoms with Crippen LogP contribution < -0.4 is 0 Å². The van der Waals surface area contributed by atoms with Crippen LogP contribution in [0.15, 0.2) is 48.7 Å². The summed E-state index contributed by atoms with van der Waals surface area (Å²) < 4.78 is 13.6. The second kappa shape index (κ2) is 9.72. The van der Waals surface area contributed by atoms with E-state index in [-0.39, 0.29) is 5.02 Å². The average molecular weight is 382 g/mol. The highest BCUT2D eigenvalue weighted by molar-refractivity contribution is 6.30. The minimum Gasteiger partial charge on any atom is -0.255 e. The molecule has 0 spiro atoms. The number of nitrogens with zero attached hydrogens (tertiary/aromatic N) is 1. The van der Waals surface area contributed by atoms with Gasteiger partial charge in [0, 0.05) is 23.2 Å². The summed E-state index contributed by atoms with van der Waals surface area (Å²) in [7, 11) is 0. The second-order valence-corrected chi connectivity index (χ2v) is 7.57. The Bertz CT molecular complexity index is 837. The quantitative estimate of drug-likeness (QED) is 0.408. The third-order valence-electron chi connectivity index (χ3n) is 5.03. The van der Waals surface area contributed by atoms with Crippen LogP contribution in [0.25, 0.3) is 11.3 Å². The van der Waals surface area contributed by atoms with Gasteiger partial charge in [0.05, 0.1) is 10.7 Å². The average Bonchev–Trinajstić information content (AvgIpc) is 2.70. The number of allylic oxidation sites excluding steroid dienone is 2. The van der Waals surface area contributed by atoms with Crippen LogP contribution in [0.2, 0.25) is 5.02 Å². The molecule has 1 aliphatic rings. The fraction of sp³-hybridized carbons (Fsp3) is 0.375. The van der Waals surface area contributed by atoms with Gasteiger partial charge in [-0.1, -0.05) is 55.0 Å². The van der Waals surface area contributed by atoms with Gasteiger partial charge in [-0.25, -0.2) is 4.39 Å². The molecule has 1 aromatic carbocycles. The highest BCUT2D eigenvalue weighted by Crippen LogP contribution is 2.29. The molecule has 0 N–H and O–H groups in total. The van der Waals surface area contributed by atoms with Gasteiger partial charge in [0.15, 0.2) is 0 Å². The molecule has 0 bridgehead atoms. The monoisotopic (exact) mass is 381 g/mol. The van der Waals surface area contributed by atoms with Crippen LogP contribution in [0.3, 0.4) is 0 Å². The highest BCUT2D eigenvalue weighted by Gasteiger charge is 2.17. The zero-order chi connectivity index (χ0) is 19.1. The summed E-state index contributed by atoms with van der Waals surface area (Å²) in [6, 6.07) is 8.55. The second-order valence-electron chi connectivity index (χ2n) is 7.16. The number of hydrogen-bond donors (Lipinski definition) is 0. The Morgan fingerprint density at radius 3 is 2.67 bits per heavy atom. The van der Waals surface area contributed by atoms with Gasteiger partial charge in [-0.05, 0) is 62.3 Å². The molecule has 0 aliphatic heterocycles. The zero-order valence-corrected chi connectivity index (χ0v) is 16.5. The van der Waals surface area contributed by atoms with Crippen molar-refractivity contribution in [3.05, 3.63) is 65.1 Å². The number of unbranched alkanes of at least 4 members (excludes halogenated alkanes) is 1. The van der Waals surface area contributed by atoms with E-state index in [1.807, 2.05) is 12.1 Å². The third kappa shape index (κ3) is 5.68. The Kier molecular flexibility index (Phi) is 7.07. The van der Waals surface area contributed by atoms with Gasteiger partial charge in [0.1, 0.15) is 5.82 Å². The van der Waals surface area contributed by atoms with Crippen molar-refractivity contribution < 1.29 is 4.39 Å². The standard InChI is InChI=1S/C24H25ClFN/c1-2-3-4-5-18-6-8-19(9-7-18)10-11-20-12-15-24(27-17-20)21-13-14-22(25)23(26)16-21/h4-5,12-19H,2-3,6-9H2,1H3. The third-order valence-corrected chi connectivity index (χ3v) is 5.34. The maximum atomic E-state index is 13.6. The maximum absolute atomic E-state index is 13.6. The number of pyridine rings is 1. The van der Waals surface area contributed by atoms with Crippen molar-refractivity contribution in [1.82, 2.24) is 4.98 Å². The van der Waals surface area contributed by atoms with Crippen molar-refractivity contribution in [1.29, 1.82) is 0 Å². The van der Waals surface area contributed by atoms with E-state index < -0.39 is 5.82 Å². The molecule has 1 fully saturated rings. The predicted molar refractivity (Wildman–Crippen MR) is 111 cm³/mol. The number of rotatable bonds is 4. The first-order valence-corrected chi connectivity index (χ1v) is 10.1. The molecule has 27 heavy (non-hydrogen) atoms. The number of halogens is 2. The van der Waals surface area contributed by atoms with E-state index in [2.05, 4.69) is 35.9 Å². The summed E-state index contributed by atoms with van der Waals surface area (Å²) in [4.78, 5) is 4.42. The van der Waals surface area contributed by atoms with E-state index in [0.717, 1.165) is 17.2 Å². The molecular formula is C24H25ClFN. The SMILES string of the molecule is CCCC=CC1CCC(C#Cc2ccc(-c3ccc(Cl)c(F)c3)nc2)CC1.